The van der Waals surface area contributed by atoms with E-state index in [2.05, 4.69) is 5.32 Å². The number of hydrogen-bond donors (Lipinski definition) is 3. The van der Waals surface area contributed by atoms with Crippen LogP contribution >= 0.6 is 0 Å². The third kappa shape index (κ3) is 4.31. The first-order valence-electron chi connectivity index (χ1n) is 5.46. The summed E-state index contributed by atoms with van der Waals surface area (Å²) in [6.45, 7) is 2.04. The van der Waals surface area contributed by atoms with Crippen LogP contribution in [0.25, 0.3) is 0 Å². The summed E-state index contributed by atoms with van der Waals surface area (Å²) in [7, 11) is 0. The van der Waals surface area contributed by atoms with Gasteiger partial charge in [-0.05, 0) is 30.7 Å². The molecule has 0 fully saturated rings. The minimum Gasteiger partial charge on any atom is -0.508 e. The van der Waals surface area contributed by atoms with Gasteiger partial charge in [0.2, 0.25) is 5.91 Å². The largest absolute Gasteiger partial charge is 0.508 e. The highest BCUT2D eigenvalue weighted by Gasteiger charge is 2.08. The maximum absolute atomic E-state index is 11.5. The molecule has 0 heterocycles. The van der Waals surface area contributed by atoms with Gasteiger partial charge in [0, 0.05) is 18.2 Å². The maximum atomic E-state index is 11.5. The molecule has 0 aliphatic carbocycles. The van der Waals surface area contributed by atoms with Crippen LogP contribution in [0.4, 0.5) is 5.69 Å². The highest BCUT2D eigenvalue weighted by atomic mass is 16.3. The van der Waals surface area contributed by atoms with E-state index in [1.807, 2.05) is 6.92 Å². The van der Waals surface area contributed by atoms with Crippen molar-refractivity contribution in [3.8, 4) is 5.75 Å². The molecule has 1 atom stereocenters. The third-order valence-electron chi connectivity index (χ3n) is 2.26. The van der Waals surface area contributed by atoms with Crippen LogP contribution in [0.1, 0.15) is 26.2 Å². The Balaban J connectivity index is 2.42. The lowest BCUT2D eigenvalue weighted by Gasteiger charge is -2.10. The predicted octanol–water partition coefficient (Wildman–Crippen LogP) is 1.85. The second kappa shape index (κ2) is 6.12. The number of carbonyl (C=O) groups excluding carboxylic acids is 1. The van der Waals surface area contributed by atoms with Gasteiger partial charge in [-0.1, -0.05) is 13.3 Å². The van der Waals surface area contributed by atoms with E-state index in [1.165, 1.54) is 12.1 Å². The van der Waals surface area contributed by atoms with Gasteiger partial charge in [-0.3, -0.25) is 4.79 Å². The van der Waals surface area contributed by atoms with E-state index in [1.54, 1.807) is 12.1 Å². The molecule has 4 nitrogen and oxygen atoms in total. The van der Waals surface area contributed by atoms with Gasteiger partial charge in [0.1, 0.15) is 5.75 Å². The van der Waals surface area contributed by atoms with E-state index in [9.17, 15) is 4.79 Å². The van der Waals surface area contributed by atoms with Gasteiger partial charge in [0.05, 0.1) is 0 Å². The SMILES string of the molecule is CCCC(N)CC(=O)Nc1ccc(O)cc1. The molecule has 0 aliphatic heterocycles. The first-order chi connectivity index (χ1) is 7.61. The molecule has 0 bridgehead atoms. The number of amides is 1. The Hall–Kier alpha value is -1.55. The van der Waals surface area contributed by atoms with E-state index < -0.39 is 0 Å². The van der Waals surface area contributed by atoms with Crippen LogP contribution in [0.5, 0.6) is 5.75 Å². The summed E-state index contributed by atoms with van der Waals surface area (Å²) in [5.41, 5.74) is 6.43. The number of aromatic hydroxyl groups is 1. The monoisotopic (exact) mass is 222 g/mol. The fourth-order valence-electron chi connectivity index (χ4n) is 1.47. The zero-order valence-electron chi connectivity index (χ0n) is 9.44. The number of rotatable bonds is 5. The van der Waals surface area contributed by atoms with Crippen molar-refractivity contribution >= 4 is 11.6 Å². The van der Waals surface area contributed by atoms with Gasteiger partial charge < -0.3 is 16.2 Å². The average molecular weight is 222 g/mol. The normalized spacial score (nSPS) is 12.1. The van der Waals surface area contributed by atoms with Crippen LogP contribution < -0.4 is 11.1 Å². The van der Waals surface area contributed by atoms with Crippen LogP contribution in [-0.4, -0.2) is 17.1 Å². The molecule has 1 amide bonds. The number of phenolic OH excluding ortho intramolecular Hbond substituents is 1. The quantitative estimate of drug-likeness (QED) is 0.665. The van der Waals surface area contributed by atoms with E-state index >= 15 is 0 Å². The highest BCUT2D eigenvalue weighted by Crippen LogP contribution is 2.14. The average Bonchev–Trinajstić information content (AvgIpc) is 2.21. The van der Waals surface area contributed by atoms with Gasteiger partial charge in [-0.2, -0.15) is 0 Å². The Kier molecular flexibility index (Phi) is 4.79. The Bertz CT molecular complexity index is 335. The first-order valence-corrected chi connectivity index (χ1v) is 5.46. The van der Waals surface area contributed by atoms with Crippen LogP contribution in [0.15, 0.2) is 24.3 Å². The summed E-state index contributed by atoms with van der Waals surface area (Å²) in [6.07, 6.45) is 2.16. The summed E-state index contributed by atoms with van der Waals surface area (Å²) in [5.74, 6) is 0.0901. The molecule has 4 N–H and O–H groups in total. The summed E-state index contributed by atoms with van der Waals surface area (Å²) < 4.78 is 0. The Morgan fingerprint density at radius 2 is 2.06 bits per heavy atom. The van der Waals surface area contributed by atoms with Crippen LogP contribution in [0.3, 0.4) is 0 Å². The van der Waals surface area contributed by atoms with Gasteiger partial charge in [0.15, 0.2) is 0 Å². The number of carbonyl (C=O) groups is 1. The fraction of sp³-hybridized carbons (Fsp3) is 0.417. The Labute approximate surface area is 95.5 Å². The lowest BCUT2D eigenvalue weighted by molar-refractivity contribution is -0.116. The summed E-state index contributed by atoms with van der Waals surface area (Å²) in [4.78, 5) is 11.5. The van der Waals surface area contributed by atoms with Crippen molar-refractivity contribution in [3.63, 3.8) is 0 Å². The molecule has 4 heteroatoms. The molecule has 1 unspecified atom stereocenters. The number of nitrogens with one attached hydrogen (secondary N) is 1. The van der Waals surface area contributed by atoms with Crippen molar-refractivity contribution in [2.75, 3.05) is 5.32 Å². The van der Waals surface area contributed by atoms with Crippen molar-refractivity contribution in [1.82, 2.24) is 0 Å². The summed E-state index contributed by atoms with van der Waals surface area (Å²) >= 11 is 0. The van der Waals surface area contributed by atoms with Gasteiger partial charge in [0.25, 0.3) is 0 Å². The summed E-state index contributed by atoms with van der Waals surface area (Å²) in [6, 6.07) is 6.28. The van der Waals surface area contributed by atoms with Gasteiger partial charge in [-0.15, -0.1) is 0 Å². The van der Waals surface area contributed by atoms with Gasteiger partial charge >= 0.3 is 0 Å². The Morgan fingerprint density at radius 3 is 2.62 bits per heavy atom. The first kappa shape index (κ1) is 12.5. The van der Waals surface area contributed by atoms with Crippen molar-refractivity contribution in [3.05, 3.63) is 24.3 Å². The van der Waals surface area contributed by atoms with E-state index in [0.29, 0.717) is 12.1 Å². The standard InChI is InChI=1S/C12H18N2O2/c1-2-3-9(13)8-12(16)14-10-4-6-11(15)7-5-10/h4-7,9,15H,2-3,8,13H2,1H3,(H,14,16). The molecule has 0 aliphatic rings. The number of phenols is 1. The molecule has 0 spiro atoms. The molecule has 16 heavy (non-hydrogen) atoms. The molecule has 1 aromatic carbocycles. The number of nitrogens with two attached hydrogens (primary N) is 1. The molecule has 0 radical (unpaired) electrons. The van der Waals surface area contributed by atoms with Crippen LogP contribution in [-0.2, 0) is 4.79 Å². The summed E-state index contributed by atoms with van der Waals surface area (Å²) in [5, 5.41) is 11.8. The maximum Gasteiger partial charge on any atom is 0.225 e. The van der Waals surface area contributed by atoms with E-state index in [-0.39, 0.29) is 17.7 Å². The molecule has 88 valence electrons. The van der Waals surface area contributed by atoms with E-state index in [4.69, 9.17) is 10.8 Å². The third-order valence-corrected chi connectivity index (χ3v) is 2.26. The van der Waals surface area contributed by atoms with Gasteiger partial charge in [-0.25, -0.2) is 0 Å². The fourth-order valence-corrected chi connectivity index (χ4v) is 1.47. The zero-order valence-corrected chi connectivity index (χ0v) is 9.44. The van der Waals surface area contributed by atoms with Crippen molar-refractivity contribution in [1.29, 1.82) is 0 Å². The van der Waals surface area contributed by atoms with Crippen LogP contribution in [0, 0.1) is 0 Å². The zero-order chi connectivity index (χ0) is 12.0. The predicted molar refractivity (Wildman–Crippen MR) is 64.2 cm³/mol. The molecule has 1 aromatic rings. The number of anilines is 1. The molecular weight excluding hydrogens is 204 g/mol. The number of benzene rings is 1. The second-order valence-corrected chi connectivity index (χ2v) is 3.85. The molecular formula is C12H18N2O2. The lowest BCUT2D eigenvalue weighted by Crippen LogP contribution is -2.26. The van der Waals surface area contributed by atoms with Crippen molar-refractivity contribution in [2.24, 2.45) is 5.73 Å². The Morgan fingerprint density at radius 1 is 1.44 bits per heavy atom. The second-order valence-electron chi connectivity index (χ2n) is 3.85. The lowest BCUT2D eigenvalue weighted by atomic mass is 10.1. The minimum atomic E-state index is -0.0911. The minimum absolute atomic E-state index is 0.0814. The number of hydrogen-bond acceptors (Lipinski definition) is 3. The highest BCUT2D eigenvalue weighted by molar-refractivity contribution is 5.91. The van der Waals surface area contributed by atoms with Crippen molar-refractivity contribution in [2.45, 2.75) is 32.2 Å². The smallest absolute Gasteiger partial charge is 0.225 e. The van der Waals surface area contributed by atoms with Crippen molar-refractivity contribution < 1.29 is 9.90 Å². The molecule has 0 saturated heterocycles. The van der Waals surface area contributed by atoms with E-state index in [0.717, 1.165) is 12.8 Å². The molecule has 1 rings (SSSR count). The molecule has 0 aromatic heterocycles. The van der Waals surface area contributed by atoms with Crippen LogP contribution in [0.2, 0.25) is 0 Å². The topological polar surface area (TPSA) is 75.4 Å². The molecule has 0 saturated carbocycles.